The van der Waals surface area contributed by atoms with Crippen molar-refractivity contribution in [3.05, 3.63) is 124 Å². The SMILES string of the molecule is COc1ccc(C2CC(c3c(-c4ccccc4)c4cc(Cl)ccc4[nH]c3=O)=NN2C(=S)Nc2ccccc2)cc1OC. The Hall–Kier alpha value is -4.66. The molecule has 2 heterocycles. The van der Waals surface area contributed by atoms with Crippen LogP contribution in [0.4, 0.5) is 5.69 Å². The fraction of sp³-hybridized carbons (Fsp3) is 0.121. The predicted molar refractivity (Wildman–Crippen MR) is 173 cm³/mol. The maximum Gasteiger partial charge on any atom is 0.258 e. The fourth-order valence-corrected chi connectivity index (χ4v) is 5.77. The number of thiocarbonyl (C=S) groups is 1. The number of aromatic amines is 1. The second-order valence-corrected chi connectivity index (χ2v) is 10.6. The van der Waals surface area contributed by atoms with Crippen molar-refractivity contribution in [2.75, 3.05) is 19.5 Å². The van der Waals surface area contributed by atoms with E-state index < -0.39 is 0 Å². The van der Waals surface area contributed by atoms with Crippen molar-refractivity contribution >= 4 is 51.2 Å². The van der Waals surface area contributed by atoms with Crippen LogP contribution in [-0.4, -0.2) is 35.0 Å². The number of H-pyrrole nitrogens is 1. The minimum atomic E-state index is -0.318. The number of anilines is 1. The molecule has 9 heteroatoms. The predicted octanol–water partition coefficient (Wildman–Crippen LogP) is 7.41. The van der Waals surface area contributed by atoms with E-state index in [4.69, 9.17) is 38.4 Å². The van der Waals surface area contributed by atoms with Gasteiger partial charge in [-0.05, 0) is 65.8 Å². The molecule has 0 fully saturated rings. The number of hydrogen-bond acceptors (Lipinski definition) is 5. The molecule has 42 heavy (non-hydrogen) atoms. The first-order chi connectivity index (χ1) is 20.5. The molecular formula is C33H27ClN4O3S. The lowest BCUT2D eigenvalue weighted by Gasteiger charge is -2.25. The van der Waals surface area contributed by atoms with E-state index in [0.717, 1.165) is 27.8 Å². The number of methoxy groups -OCH3 is 2. The lowest BCUT2D eigenvalue weighted by molar-refractivity contribution is 0.348. The lowest BCUT2D eigenvalue weighted by atomic mass is 9.91. The van der Waals surface area contributed by atoms with E-state index in [1.807, 2.05) is 91.0 Å². The Kier molecular flexibility index (Phi) is 7.65. The first-order valence-electron chi connectivity index (χ1n) is 13.3. The van der Waals surface area contributed by atoms with Gasteiger partial charge >= 0.3 is 0 Å². The number of para-hydroxylation sites is 1. The summed E-state index contributed by atoms with van der Waals surface area (Å²) in [5.74, 6) is 1.21. The summed E-state index contributed by atoms with van der Waals surface area (Å²) >= 11 is 12.3. The quantitative estimate of drug-likeness (QED) is 0.199. The van der Waals surface area contributed by atoms with E-state index in [1.54, 1.807) is 25.3 Å². The number of nitrogens with one attached hydrogen (secondary N) is 2. The zero-order valence-corrected chi connectivity index (χ0v) is 24.5. The molecule has 1 aromatic heterocycles. The largest absolute Gasteiger partial charge is 0.493 e. The minimum Gasteiger partial charge on any atom is -0.493 e. The Morgan fingerprint density at radius 3 is 2.36 bits per heavy atom. The van der Waals surface area contributed by atoms with E-state index in [0.29, 0.717) is 44.8 Å². The Morgan fingerprint density at radius 2 is 1.64 bits per heavy atom. The number of ether oxygens (including phenoxy) is 2. The molecule has 1 aliphatic heterocycles. The summed E-state index contributed by atoms with van der Waals surface area (Å²) in [7, 11) is 3.20. The van der Waals surface area contributed by atoms with Crippen molar-refractivity contribution in [3.8, 4) is 22.6 Å². The van der Waals surface area contributed by atoms with E-state index in [9.17, 15) is 4.79 Å². The van der Waals surface area contributed by atoms with E-state index in [-0.39, 0.29) is 11.6 Å². The standard InChI is InChI=1S/C33H27ClN4O3S/c1-40-28-16-13-21(17-29(28)41-2)27-19-26(37-38(27)33(42)35-23-11-7-4-8-12-23)31-30(20-9-5-3-6-10-20)24-18-22(34)14-15-25(24)36-32(31)39/h3-18,27H,19H2,1-2H3,(H,35,42)(H,36,39). The molecule has 1 aliphatic rings. The highest BCUT2D eigenvalue weighted by Gasteiger charge is 2.34. The maximum absolute atomic E-state index is 13.8. The van der Waals surface area contributed by atoms with Crippen molar-refractivity contribution in [2.45, 2.75) is 12.5 Å². The first kappa shape index (κ1) is 27.5. The highest BCUT2D eigenvalue weighted by Crippen LogP contribution is 2.40. The van der Waals surface area contributed by atoms with Crippen molar-refractivity contribution in [3.63, 3.8) is 0 Å². The van der Waals surface area contributed by atoms with Gasteiger partial charge in [0.05, 0.1) is 31.5 Å². The number of aromatic nitrogens is 1. The van der Waals surface area contributed by atoms with Crippen LogP contribution < -0.4 is 20.3 Å². The van der Waals surface area contributed by atoms with Crippen molar-refractivity contribution in [1.29, 1.82) is 0 Å². The zero-order chi connectivity index (χ0) is 29.2. The Balaban J connectivity index is 1.52. The van der Waals surface area contributed by atoms with Crippen molar-refractivity contribution < 1.29 is 9.47 Å². The molecule has 0 saturated carbocycles. The summed E-state index contributed by atoms with van der Waals surface area (Å²) < 4.78 is 11.1. The second-order valence-electron chi connectivity index (χ2n) is 9.78. The van der Waals surface area contributed by atoms with Gasteiger partial charge < -0.3 is 19.8 Å². The first-order valence-corrected chi connectivity index (χ1v) is 14.1. The highest BCUT2D eigenvalue weighted by molar-refractivity contribution is 7.80. The van der Waals surface area contributed by atoms with Gasteiger partial charge in [-0.15, -0.1) is 0 Å². The molecule has 210 valence electrons. The van der Waals surface area contributed by atoms with Gasteiger partial charge in [0.2, 0.25) is 0 Å². The summed E-state index contributed by atoms with van der Waals surface area (Å²) in [6.45, 7) is 0. The second kappa shape index (κ2) is 11.7. The third kappa shape index (κ3) is 5.22. The summed E-state index contributed by atoms with van der Waals surface area (Å²) in [5.41, 5.74) is 4.94. The van der Waals surface area contributed by atoms with Crippen molar-refractivity contribution in [2.24, 2.45) is 5.10 Å². The number of halogens is 1. The third-order valence-corrected chi connectivity index (χ3v) is 7.79. The Morgan fingerprint density at radius 1 is 0.929 bits per heavy atom. The molecule has 5 aromatic rings. The molecule has 0 radical (unpaired) electrons. The molecule has 1 atom stereocenters. The molecular weight excluding hydrogens is 568 g/mol. The molecule has 2 N–H and O–H groups in total. The molecule has 0 saturated heterocycles. The molecule has 0 aliphatic carbocycles. The summed E-state index contributed by atoms with van der Waals surface area (Å²) in [5, 5.41) is 11.9. The summed E-state index contributed by atoms with van der Waals surface area (Å²) in [4.78, 5) is 16.9. The van der Waals surface area contributed by atoms with Gasteiger partial charge in [0.15, 0.2) is 16.6 Å². The van der Waals surface area contributed by atoms with Gasteiger partial charge in [0.25, 0.3) is 5.56 Å². The average Bonchev–Trinajstić information content (AvgIpc) is 3.46. The van der Waals surface area contributed by atoms with Crippen LogP contribution in [0.2, 0.25) is 5.02 Å². The molecule has 6 rings (SSSR count). The molecule has 4 aromatic carbocycles. The molecule has 7 nitrogen and oxygen atoms in total. The van der Waals surface area contributed by atoms with Crippen LogP contribution in [0.15, 0.2) is 107 Å². The number of pyridine rings is 1. The van der Waals surface area contributed by atoms with E-state index in [2.05, 4.69) is 10.3 Å². The number of benzene rings is 4. The Labute approximate surface area is 253 Å². The molecule has 0 amide bonds. The topological polar surface area (TPSA) is 79.0 Å². The van der Waals surface area contributed by atoms with Gasteiger partial charge in [0, 0.05) is 33.6 Å². The summed E-state index contributed by atoms with van der Waals surface area (Å²) in [6.07, 6.45) is 0.418. The normalized spacial score (nSPS) is 14.5. The number of hydrazone groups is 1. The van der Waals surface area contributed by atoms with Crippen LogP contribution in [0, 0.1) is 0 Å². The van der Waals surface area contributed by atoms with Crippen LogP contribution in [-0.2, 0) is 0 Å². The number of rotatable bonds is 6. The van der Waals surface area contributed by atoms with E-state index in [1.165, 1.54) is 0 Å². The van der Waals surface area contributed by atoms with Gasteiger partial charge in [-0.1, -0.05) is 66.2 Å². The zero-order valence-electron chi connectivity index (χ0n) is 22.9. The Bertz CT molecular complexity index is 1880. The molecule has 0 spiro atoms. The van der Waals surface area contributed by atoms with Gasteiger partial charge in [-0.3, -0.25) is 4.79 Å². The molecule has 0 bridgehead atoms. The molecule has 1 unspecified atom stereocenters. The van der Waals surface area contributed by atoms with Gasteiger partial charge in [0.1, 0.15) is 0 Å². The average molecular weight is 595 g/mol. The van der Waals surface area contributed by atoms with E-state index >= 15 is 0 Å². The monoisotopic (exact) mass is 594 g/mol. The van der Waals surface area contributed by atoms with Crippen LogP contribution in [0.3, 0.4) is 0 Å². The smallest absolute Gasteiger partial charge is 0.258 e. The highest BCUT2D eigenvalue weighted by atomic mass is 35.5. The maximum atomic E-state index is 13.8. The summed E-state index contributed by atoms with van der Waals surface area (Å²) in [6, 6.07) is 30.4. The fourth-order valence-electron chi connectivity index (χ4n) is 5.32. The van der Waals surface area contributed by atoms with Crippen LogP contribution >= 0.6 is 23.8 Å². The number of hydrogen-bond donors (Lipinski definition) is 2. The number of fused-ring (bicyclic) bond motifs is 1. The van der Waals surface area contributed by atoms with Gasteiger partial charge in [-0.2, -0.15) is 5.10 Å². The van der Waals surface area contributed by atoms with Gasteiger partial charge in [-0.25, -0.2) is 5.01 Å². The minimum absolute atomic E-state index is 0.239. The van der Waals surface area contributed by atoms with Crippen LogP contribution in [0.1, 0.15) is 23.6 Å². The number of nitrogens with zero attached hydrogens (tertiary/aromatic N) is 2. The van der Waals surface area contributed by atoms with Crippen LogP contribution in [0.25, 0.3) is 22.0 Å². The lowest BCUT2D eigenvalue weighted by Crippen LogP contribution is -2.31. The van der Waals surface area contributed by atoms with Crippen LogP contribution in [0.5, 0.6) is 11.5 Å². The van der Waals surface area contributed by atoms with Crippen molar-refractivity contribution in [1.82, 2.24) is 9.99 Å². The third-order valence-electron chi connectivity index (χ3n) is 7.26.